The van der Waals surface area contributed by atoms with Gasteiger partial charge in [-0.05, 0) is 60.7 Å². The van der Waals surface area contributed by atoms with Crippen LogP contribution in [0.15, 0.2) is 72.8 Å². The van der Waals surface area contributed by atoms with Crippen molar-refractivity contribution in [3.8, 4) is 5.75 Å². The molecule has 3 rings (SSSR count). The average molecular weight is 454 g/mol. The number of rotatable bonds is 10. The molecule has 1 atom stereocenters. The van der Waals surface area contributed by atoms with Crippen LogP contribution in [0.3, 0.4) is 0 Å². The molecule has 3 aromatic carbocycles. The third-order valence-corrected chi connectivity index (χ3v) is 7.07. The van der Waals surface area contributed by atoms with E-state index in [1.54, 1.807) is 24.3 Å². The van der Waals surface area contributed by atoms with Gasteiger partial charge in [-0.1, -0.05) is 55.5 Å². The van der Waals surface area contributed by atoms with Gasteiger partial charge in [-0.3, -0.25) is 4.72 Å². The fourth-order valence-electron chi connectivity index (χ4n) is 3.32. The monoisotopic (exact) mass is 453 g/mol. The van der Waals surface area contributed by atoms with Crippen LogP contribution in [0.2, 0.25) is 0 Å². The Labute approximate surface area is 188 Å². The molecule has 0 saturated carbocycles. The molecule has 6 nitrogen and oxygen atoms in total. The van der Waals surface area contributed by atoms with Gasteiger partial charge in [-0.15, -0.1) is 0 Å². The SMILES string of the molecule is CCC(Cc1ccccc1)S(=O)(=O)Nc1ccc(C)cc1OCc1ccc(C(=O)O)cc1. The van der Waals surface area contributed by atoms with E-state index in [0.29, 0.717) is 24.3 Å². The molecule has 0 bridgehead atoms. The molecule has 2 N–H and O–H groups in total. The van der Waals surface area contributed by atoms with E-state index < -0.39 is 21.2 Å². The van der Waals surface area contributed by atoms with Gasteiger partial charge in [0.15, 0.2) is 0 Å². The van der Waals surface area contributed by atoms with E-state index in [0.717, 1.165) is 16.7 Å². The number of carboxylic acids is 1. The van der Waals surface area contributed by atoms with Gasteiger partial charge in [0.2, 0.25) is 10.0 Å². The molecule has 0 aliphatic carbocycles. The molecule has 0 aliphatic heterocycles. The van der Waals surface area contributed by atoms with Crippen LogP contribution in [0.4, 0.5) is 5.69 Å². The topological polar surface area (TPSA) is 92.7 Å². The highest BCUT2D eigenvalue weighted by molar-refractivity contribution is 7.93. The zero-order valence-corrected chi connectivity index (χ0v) is 18.9. The van der Waals surface area contributed by atoms with E-state index in [4.69, 9.17) is 9.84 Å². The van der Waals surface area contributed by atoms with Crippen molar-refractivity contribution in [1.29, 1.82) is 0 Å². The molecule has 0 radical (unpaired) electrons. The molecule has 0 heterocycles. The number of benzene rings is 3. The summed E-state index contributed by atoms with van der Waals surface area (Å²) < 4.78 is 34.9. The second kappa shape index (κ2) is 10.3. The van der Waals surface area contributed by atoms with Crippen molar-refractivity contribution < 1.29 is 23.1 Å². The van der Waals surface area contributed by atoms with Crippen LogP contribution in [-0.4, -0.2) is 24.7 Å². The quantitative estimate of drug-likeness (QED) is 0.449. The summed E-state index contributed by atoms with van der Waals surface area (Å²) in [5, 5.41) is 8.44. The van der Waals surface area contributed by atoms with E-state index >= 15 is 0 Å². The Hall–Kier alpha value is -3.32. The number of aromatic carboxylic acids is 1. The normalized spacial score (nSPS) is 12.2. The van der Waals surface area contributed by atoms with Crippen molar-refractivity contribution in [3.63, 3.8) is 0 Å². The fraction of sp³-hybridized carbons (Fsp3) is 0.240. The van der Waals surface area contributed by atoms with E-state index in [1.807, 2.05) is 50.2 Å². The number of carboxylic acid groups (broad SMARTS) is 1. The van der Waals surface area contributed by atoms with E-state index in [9.17, 15) is 13.2 Å². The summed E-state index contributed by atoms with van der Waals surface area (Å²) in [5.41, 5.74) is 3.25. The smallest absolute Gasteiger partial charge is 0.335 e. The minimum absolute atomic E-state index is 0.180. The number of nitrogens with one attached hydrogen (secondary N) is 1. The summed E-state index contributed by atoms with van der Waals surface area (Å²) in [5.74, 6) is -0.570. The first-order valence-electron chi connectivity index (χ1n) is 10.4. The number of hydrogen-bond donors (Lipinski definition) is 2. The largest absolute Gasteiger partial charge is 0.487 e. The van der Waals surface area contributed by atoms with Crippen LogP contribution in [0.25, 0.3) is 0 Å². The second-order valence-electron chi connectivity index (χ2n) is 7.66. The summed E-state index contributed by atoms with van der Waals surface area (Å²) in [7, 11) is -3.65. The lowest BCUT2D eigenvalue weighted by Crippen LogP contribution is -2.29. The Balaban J connectivity index is 1.76. The van der Waals surface area contributed by atoms with Crippen molar-refractivity contribution in [2.45, 2.75) is 38.5 Å². The first-order chi connectivity index (χ1) is 15.3. The van der Waals surface area contributed by atoms with Gasteiger partial charge in [-0.2, -0.15) is 0 Å². The van der Waals surface area contributed by atoms with Crippen LogP contribution in [0, 0.1) is 6.92 Å². The Morgan fingerprint density at radius 1 is 1.00 bits per heavy atom. The Morgan fingerprint density at radius 3 is 2.31 bits per heavy atom. The molecule has 3 aromatic rings. The number of aryl methyl sites for hydroxylation is 1. The number of sulfonamides is 1. The molecule has 168 valence electrons. The second-order valence-corrected chi connectivity index (χ2v) is 9.62. The van der Waals surface area contributed by atoms with Crippen molar-refractivity contribution >= 4 is 21.7 Å². The van der Waals surface area contributed by atoms with Crippen molar-refractivity contribution in [2.24, 2.45) is 0 Å². The molecule has 1 unspecified atom stereocenters. The first kappa shape index (κ1) is 23.3. The Morgan fingerprint density at radius 2 is 1.69 bits per heavy atom. The maximum atomic E-state index is 13.1. The zero-order chi connectivity index (χ0) is 23.1. The molecular weight excluding hydrogens is 426 g/mol. The number of carbonyl (C=O) groups is 1. The highest BCUT2D eigenvalue weighted by Crippen LogP contribution is 2.29. The van der Waals surface area contributed by atoms with Crippen molar-refractivity contribution in [2.75, 3.05) is 4.72 Å². The van der Waals surface area contributed by atoms with Gasteiger partial charge in [-0.25, -0.2) is 13.2 Å². The maximum absolute atomic E-state index is 13.1. The third kappa shape index (κ3) is 6.11. The zero-order valence-electron chi connectivity index (χ0n) is 18.1. The van der Waals surface area contributed by atoms with Gasteiger partial charge in [0, 0.05) is 0 Å². The summed E-state index contributed by atoms with van der Waals surface area (Å²) >= 11 is 0. The summed E-state index contributed by atoms with van der Waals surface area (Å²) in [6, 6.07) is 21.2. The lowest BCUT2D eigenvalue weighted by atomic mass is 10.1. The maximum Gasteiger partial charge on any atom is 0.335 e. The summed E-state index contributed by atoms with van der Waals surface area (Å²) in [6.07, 6.45) is 0.896. The molecule has 0 spiro atoms. The van der Waals surface area contributed by atoms with Crippen LogP contribution < -0.4 is 9.46 Å². The lowest BCUT2D eigenvalue weighted by Gasteiger charge is -2.20. The van der Waals surface area contributed by atoms with Gasteiger partial charge in [0.05, 0.1) is 16.5 Å². The highest BCUT2D eigenvalue weighted by Gasteiger charge is 2.25. The highest BCUT2D eigenvalue weighted by atomic mass is 32.2. The van der Waals surface area contributed by atoms with Gasteiger partial charge >= 0.3 is 5.97 Å². The lowest BCUT2D eigenvalue weighted by molar-refractivity contribution is 0.0697. The standard InChI is InChI=1S/C25H27NO5S/c1-3-22(16-19-7-5-4-6-8-19)32(29,30)26-23-14-9-18(2)15-24(23)31-17-20-10-12-21(13-11-20)25(27)28/h4-15,22,26H,3,16-17H2,1-2H3,(H,27,28). The van der Waals surface area contributed by atoms with Crippen molar-refractivity contribution in [3.05, 3.63) is 95.1 Å². The molecule has 0 aromatic heterocycles. The van der Waals surface area contributed by atoms with Crippen molar-refractivity contribution in [1.82, 2.24) is 0 Å². The Bertz CT molecular complexity index is 1160. The number of hydrogen-bond acceptors (Lipinski definition) is 4. The van der Waals surface area contributed by atoms with Crippen LogP contribution in [0.5, 0.6) is 5.75 Å². The molecule has 7 heteroatoms. The molecule has 0 amide bonds. The third-order valence-electron chi connectivity index (χ3n) is 5.18. The summed E-state index contributed by atoms with van der Waals surface area (Å²) in [4.78, 5) is 11.0. The molecular formula is C25H27NO5S. The Kier molecular flexibility index (Phi) is 7.53. The van der Waals surface area contributed by atoms with Crippen LogP contribution >= 0.6 is 0 Å². The minimum Gasteiger partial charge on any atom is -0.487 e. The molecule has 32 heavy (non-hydrogen) atoms. The predicted octanol–water partition coefficient (Wildman–Crippen LogP) is 5.04. The van der Waals surface area contributed by atoms with Gasteiger partial charge < -0.3 is 9.84 Å². The van der Waals surface area contributed by atoms with Crippen LogP contribution in [0.1, 0.15) is 40.4 Å². The molecule has 0 saturated heterocycles. The molecule has 0 fully saturated rings. The summed E-state index contributed by atoms with van der Waals surface area (Å²) in [6.45, 7) is 3.94. The van der Waals surface area contributed by atoms with Gasteiger partial charge in [0.1, 0.15) is 12.4 Å². The average Bonchev–Trinajstić information content (AvgIpc) is 2.78. The number of anilines is 1. The van der Waals surface area contributed by atoms with E-state index in [2.05, 4.69) is 4.72 Å². The molecule has 0 aliphatic rings. The van der Waals surface area contributed by atoms with Gasteiger partial charge in [0.25, 0.3) is 0 Å². The minimum atomic E-state index is -3.65. The van der Waals surface area contributed by atoms with E-state index in [1.165, 1.54) is 12.1 Å². The predicted molar refractivity (Wildman–Crippen MR) is 126 cm³/mol. The van der Waals surface area contributed by atoms with E-state index in [-0.39, 0.29) is 12.2 Å². The first-order valence-corrected chi connectivity index (χ1v) is 11.9. The van der Waals surface area contributed by atoms with Crippen LogP contribution in [-0.2, 0) is 23.1 Å². The number of ether oxygens (including phenoxy) is 1. The fourth-order valence-corrected chi connectivity index (χ4v) is 4.82.